The van der Waals surface area contributed by atoms with Crippen LogP contribution in [0.4, 0.5) is 0 Å². The molecule has 4 nitrogen and oxygen atoms in total. The second-order valence-corrected chi connectivity index (χ2v) is 2.91. The highest BCUT2D eigenvalue weighted by atomic mass is 79.9. The van der Waals surface area contributed by atoms with E-state index in [9.17, 15) is 4.79 Å². The summed E-state index contributed by atoms with van der Waals surface area (Å²) < 4.78 is 1.73. The first-order valence-electron chi connectivity index (χ1n) is 3.42. The van der Waals surface area contributed by atoms with Crippen molar-refractivity contribution in [3.05, 3.63) is 24.3 Å². The van der Waals surface area contributed by atoms with Gasteiger partial charge in [-0.3, -0.25) is 9.20 Å². The minimum Gasteiger partial charge on any atom is -0.330 e. The second-order valence-electron chi connectivity index (χ2n) is 2.35. The number of carbonyl (C=O) groups is 1. The zero-order chi connectivity index (χ0) is 8.55. The van der Waals surface area contributed by atoms with E-state index in [1.165, 1.54) is 0 Å². The molecule has 0 unspecified atom stereocenters. The molecule has 2 heterocycles. The first-order chi connectivity index (χ1) is 5.83. The quantitative estimate of drug-likeness (QED) is 0.620. The van der Waals surface area contributed by atoms with Gasteiger partial charge in [-0.2, -0.15) is 0 Å². The lowest BCUT2D eigenvalue weighted by Gasteiger charge is -1.91. The third kappa shape index (κ3) is 0.972. The van der Waals surface area contributed by atoms with Gasteiger partial charge in [0.15, 0.2) is 5.78 Å². The first kappa shape index (κ1) is 7.54. The predicted octanol–water partition coefficient (Wildman–Crippen LogP) is 1.24. The zero-order valence-corrected chi connectivity index (χ0v) is 7.71. The molecule has 0 bridgehead atoms. The number of aromatic nitrogens is 3. The van der Waals surface area contributed by atoms with Gasteiger partial charge in [-0.15, -0.1) is 0 Å². The molecule has 0 saturated heterocycles. The van der Waals surface area contributed by atoms with Crippen LogP contribution in [-0.2, 0) is 0 Å². The first-order valence-corrected chi connectivity index (χ1v) is 4.54. The van der Waals surface area contributed by atoms with E-state index in [2.05, 4.69) is 25.9 Å². The molecular formula is C7H6BrN3O. The minimum absolute atomic E-state index is 0.0297. The molecule has 0 radical (unpaired) electrons. The van der Waals surface area contributed by atoms with Crippen molar-refractivity contribution in [2.45, 2.75) is 0 Å². The molecule has 0 saturated carbocycles. The summed E-state index contributed by atoms with van der Waals surface area (Å²) in [5.74, 6) is 0.724. The molecule has 0 aliphatic heterocycles. The number of imidazole rings is 2. The molecule has 0 fully saturated rings. The third-order valence-corrected chi connectivity index (χ3v) is 2.15. The maximum atomic E-state index is 11.3. The number of hydrogen-bond acceptors (Lipinski definition) is 2. The average molecular weight is 228 g/mol. The van der Waals surface area contributed by atoms with Crippen molar-refractivity contribution in [2.24, 2.45) is 0 Å². The number of aromatic amines is 1. The molecule has 0 aliphatic rings. The van der Waals surface area contributed by atoms with Gasteiger partial charge in [0.05, 0.1) is 11.5 Å². The van der Waals surface area contributed by atoms with E-state index in [0.29, 0.717) is 16.8 Å². The zero-order valence-electron chi connectivity index (χ0n) is 6.12. The van der Waals surface area contributed by atoms with Gasteiger partial charge in [-0.05, 0) is 0 Å². The molecule has 2 aromatic heterocycles. The van der Waals surface area contributed by atoms with Crippen LogP contribution in [-0.4, -0.2) is 25.5 Å². The molecule has 0 aromatic carbocycles. The molecule has 1 N–H and O–H groups in total. The van der Waals surface area contributed by atoms with Crippen LogP contribution in [0, 0.1) is 0 Å². The second kappa shape index (κ2) is 2.75. The maximum Gasteiger partial charge on any atom is 0.211 e. The average Bonchev–Trinajstić information content (AvgIpc) is 2.62. The fraction of sp³-hybridized carbons (Fsp3) is 0.143. The van der Waals surface area contributed by atoms with E-state index >= 15 is 0 Å². The van der Waals surface area contributed by atoms with Crippen LogP contribution in [0.25, 0.3) is 5.78 Å². The predicted molar refractivity (Wildman–Crippen MR) is 47.7 cm³/mol. The molecule has 0 atom stereocenters. The lowest BCUT2D eigenvalue weighted by atomic mass is 10.3. The van der Waals surface area contributed by atoms with Crippen molar-refractivity contribution < 1.29 is 4.79 Å². The number of nitrogens with zero attached hydrogens (tertiary/aromatic N) is 2. The Morgan fingerprint density at radius 1 is 1.75 bits per heavy atom. The Labute approximate surface area is 76.7 Å². The lowest BCUT2D eigenvalue weighted by Crippen LogP contribution is -2.02. The molecule has 5 heteroatoms. The maximum absolute atomic E-state index is 11.3. The number of H-pyrrole nitrogens is 1. The van der Waals surface area contributed by atoms with Crippen molar-refractivity contribution >= 4 is 27.5 Å². The summed E-state index contributed by atoms with van der Waals surface area (Å²) in [4.78, 5) is 18.2. The fourth-order valence-electron chi connectivity index (χ4n) is 1.08. The number of Topliss-reactive ketones (excluding diaryl/α,β-unsaturated/α-hetero) is 1. The third-order valence-electron chi connectivity index (χ3n) is 1.64. The van der Waals surface area contributed by atoms with E-state index in [1.807, 2.05) is 0 Å². The van der Waals surface area contributed by atoms with Gasteiger partial charge in [0.25, 0.3) is 0 Å². The van der Waals surface area contributed by atoms with Crippen molar-refractivity contribution in [3.63, 3.8) is 0 Å². The van der Waals surface area contributed by atoms with E-state index in [4.69, 9.17) is 0 Å². The van der Waals surface area contributed by atoms with Crippen molar-refractivity contribution in [1.29, 1.82) is 0 Å². The van der Waals surface area contributed by atoms with Crippen LogP contribution in [0.5, 0.6) is 0 Å². The highest BCUT2D eigenvalue weighted by Crippen LogP contribution is 2.05. The van der Waals surface area contributed by atoms with Crippen LogP contribution in [0.3, 0.4) is 0 Å². The van der Waals surface area contributed by atoms with E-state index in [0.717, 1.165) is 0 Å². The van der Waals surface area contributed by atoms with Gasteiger partial charge in [-0.1, -0.05) is 15.9 Å². The highest BCUT2D eigenvalue weighted by molar-refractivity contribution is 9.09. The number of halogens is 1. The number of carbonyl (C=O) groups excluding carboxylic acids is 1. The van der Waals surface area contributed by atoms with E-state index < -0.39 is 0 Å². The van der Waals surface area contributed by atoms with Gasteiger partial charge in [-0.25, -0.2) is 4.98 Å². The van der Waals surface area contributed by atoms with Crippen molar-refractivity contribution in [2.75, 3.05) is 5.33 Å². The molecule has 62 valence electrons. The Balaban J connectivity index is 2.61. The fourth-order valence-corrected chi connectivity index (χ4v) is 1.37. The van der Waals surface area contributed by atoms with Crippen molar-refractivity contribution in [3.8, 4) is 0 Å². The van der Waals surface area contributed by atoms with E-state index in [-0.39, 0.29) is 5.78 Å². The summed E-state index contributed by atoms with van der Waals surface area (Å²) in [7, 11) is 0. The van der Waals surface area contributed by atoms with Crippen LogP contribution in [0.2, 0.25) is 0 Å². The monoisotopic (exact) mass is 227 g/mol. The van der Waals surface area contributed by atoms with E-state index in [1.54, 1.807) is 23.0 Å². The van der Waals surface area contributed by atoms with Gasteiger partial charge in [0.1, 0.15) is 5.69 Å². The number of ketones is 1. The molecule has 2 aromatic rings. The van der Waals surface area contributed by atoms with Gasteiger partial charge >= 0.3 is 0 Å². The van der Waals surface area contributed by atoms with Gasteiger partial charge < -0.3 is 4.98 Å². The summed E-state index contributed by atoms with van der Waals surface area (Å²) in [6.45, 7) is 0. The number of nitrogens with one attached hydrogen (secondary N) is 1. The lowest BCUT2D eigenvalue weighted by molar-refractivity contribution is 0.101. The molecule has 0 aliphatic carbocycles. The summed E-state index contributed by atoms with van der Waals surface area (Å²) >= 11 is 3.11. The van der Waals surface area contributed by atoms with Crippen molar-refractivity contribution in [1.82, 2.24) is 14.4 Å². The SMILES string of the molecule is O=C(CBr)c1cnc2[nH]ccn12. The number of fused-ring (bicyclic) bond motifs is 1. The summed E-state index contributed by atoms with van der Waals surface area (Å²) in [5, 5.41) is 0.325. The Hall–Kier alpha value is -1.10. The smallest absolute Gasteiger partial charge is 0.211 e. The van der Waals surface area contributed by atoms with Crippen LogP contribution < -0.4 is 0 Å². The number of rotatable bonds is 2. The largest absolute Gasteiger partial charge is 0.330 e. The Bertz CT molecular complexity index is 417. The molecule has 12 heavy (non-hydrogen) atoms. The molecule has 0 spiro atoms. The topological polar surface area (TPSA) is 50.2 Å². The molecular weight excluding hydrogens is 222 g/mol. The Morgan fingerprint density at radius 2 is 2.58 bits per heavy atom. The normalized spacial score (nSPS) is 10.8. The highest BCUT2D eigenvalue weighted by Gasteiger charge is 2.10. The van der Waals surface area contributed by atoms with Crippen LogP contribution in [0.15, 0.2) is 18.6 Å². The summed E-state index contributed by atoms with van der Waals surface area (Å²) in [5.41, 5.74) is 0.600. The van der Waals surface area contributed by atoms with Gasteiger partial charge in [0.2, 0.25) is 5.78 Å². The summed E-state index contributed by atoms with van der Waals surface area (Å²) in [6, 6.07) is 0. The van der Waals surface area contributed by atoms with Crippen LogP contribution >= 0.6 is 15.9 Å². The van der Waals surface area contributed by atoms with Gasteiger partial charge in [0, 0.05) is 12.4 Å². The minimum atomic E-state index is 0.0297. The Morgan fingerprint density at radius 3 is 3.33 bits per heavy atom. The van der Waals surface area contributed by atoms with Crippen LogP contribution in [0.1, 0.15) is 10.5 Å². The standard InChI is InChI=1S/C7H6BrN3O/c8-3-6(12)5-4-10-7-9-1-2-11(5)7/h1-2,4H,3H2,(H,9,10). The molecule has 2 rings (SSSR count). The number of hydrogen-bond donors (Lipinski definition) is 1. The Kier molecular flexibility index (Phi) is 1.73. The molecule has 0 amide bonds. The summed E-state index contributed by atoms with van der Waals surface area (Å²) in [6.07, 6.45) is 5.08. The number of alkyl halides is 1.